The molecule has 1 aromatic carbocycles. The molecule has 1 aromatic heterocycles. The molecular formula is C21H25N3O2. The maximum atomic E-state index is 11.8. The van der Waals surface area contributed by atoms with Gasteiger partial charge >= 0.3 is 6.09 Å². The number of hydrogen-bond donors (Lipinski definition) is 1. The topological polar surface area (TPSA) is 54.5 Å². The highest BCUT2D eigenvalue weighted by molar-refractivity contribution is 5.67. The summed E-state index contributed by atoms with van der Waals surface area (Å²) >= 11 is 0. The van der Waals surface area contributed by atoms with E-state index in [0.29, 0.717) is 6.54 Å². The summed E-state index contributed by atoms with van der Waals surface area (Å²) < 4.78 is 5.26. The first-order valence-corrected chi connectivity index (χ1v) is 8.80. The van der Waals surface area contributed by atoms with Crippen molar-refractivity contribution in [1.82, 2.24) is 15.2 Å². The molecule has 1 N–H and O–H groups in total. The van der Waals surface area contributed by atoms with Gasteiger partial charge in [0.2, 0.25) is 0 Å². The Kier molecular flexibility index (Phi) is 5.26. The van der Waals surface area contributed by atoms with Gasteiger partial charge in [-0.25, -0.2) is 4.79 Å². The van der Waals surface area contributed by atoms with Crippen LogP contribution in [0.15, 0.2) is 48.8 Å². The number of nitrogens with one attached hydrogen (secondary N) is 1. The lowest BCUT2D eigenvalue weighted by atomic mass is 10.0. The molecule has 1 aliphatic rings. The van der Waals surface area contributed by atoms with Crippen molar-refractivity contribution in [3.05, 3.63) is 71.2 Å². The number of carbonyl (C=O) groups excluding carboxylic acids is 1. The van der Waals surface area contributed by atoms with E-state index in [0.717, 1.165) is 24.3 Å². The van der Waals surface area contributed by atoms with E-state index in [1.807, 2.05) is 39.1 Å². The van der Waals surface area contributed by atoms with Gasteiger partial charge in [-0.15, -0.1) is 0 Å². The number of rotatable bonds is 4. The summed E-state index contributed by atoms with van der Waals surface area (Å²) in [5.74, 6) is 0. The fraction of sp³-hybridized carbons (Fsp3) is 0.333. The Labute approximate surface area is 154 Å². The Morgan fingerprint density at radius 2 is 2.04 bits per heavy atom. The van der Waals surface area contributed by atoms with Crippen LogP contribution < -0.4 is 5.32 Å². The lowest BCUT2D eigenvalue weighted by Crippen LogP contribution is -2.32. The number of aromatic nitrogens is 1. The van der Waals surface area contributed by atoms with Crippen molar-refractivity contribution in [2.24, 2.45) is 0 Å². The summed E-state index contributed by atoms with van der Waals surface area (Å²) in [6.45, 7) is 7.57. The molecule has 2 heterocycles. The van der Waals surface area contributed by atoms with Gasteiger partial charge in [-0.1, -0.05) is 30.3 Å². The number of benzene rings is 1. The van der Waals surface area contributed by atoms with Crippen LogP contribution in [0.2, 0.25) is 0 Å². The summed E-state index contributed by atoms with van der Waals surface area (Å²) in [4.78, 5) is 18.5. The smallest absolute Gasteiger partial charge is 0.407 e. The molecule has 5 heteroatoms. The van der Waals surface area contributed by atoms with Gasteiger partial charge in [-0.2, -0.15) is 0 Å². The molecule has 1 amide bonds. The highest BCUT2D eigenvalue weighted by Gasteiger charge is 2.16. The summed E-state index contributed by atoms with van der Waals surface area (Å²) in [5, 5.41) is 2.76. The lowest BCUT2D eigenvalue weighted by Gasteiger charge is -2.25. The van der Waals surface area contributed by atoms with E-state index in [2.05, 4.69) is 51.7 Å². The highest BCUT2D eigenvalue weighted by Crippen LogP contribution is 2.21. The van der Waals surface area contributed by atoms with Crippen LogP contribution in [0.1, 0.15) is 43.2 Å². The molecule has 0 fully saturated rings. The van der Waals surface area contributed by atoms with Gasteiger partial charge in [0.05, 0.1) is 12.2 Å². The van der Waals surface area contributed by atoms with Crippen molar-refractivity contribution in [2.45, 2.75) is 46.0 Å². The van der Waals surface area contributed by atoms with E-state index in [-0.39, 0.29) is 0 Å². The standard InChI is InChI=1S/C21H25N3O2/c1-21(2,3)26-20(25)23-13-19-11-18-15-24(10-9-17(18)12-22-19)14-16-7-5-4-6-8-16/h4-12H,13-15H2,1-3H3,(H,23,25). The molecule has 1 aliphatic heterocycles. The second-order valence-electron chi connectivity index (χ2n) is 7.44. The Balaban J connectivity index is 1.61. The summed E-state index contributed by atoms with van der Waals surface area (Å²) in [6.07, 6.45) is 5.62. The number of alkyl carbamates (subject to hydrolysis) is 1. The van der Waals surface area contributed by atoms with Gasteiger partial charge in [0, 0.05) is 25.5 Å². The summed E-state index contributed by atoms with van der Waals surface area (Å²) in [7, 11) is 0. The number of hydrogen-bond acceptors (Lipinski definition) is 4. The van der Waals surface area contributed by atoms with Gasteiger partial charge in [0.1, 0.15) is 5.60 Å². The molecule has 0 saturated carbocycles. The number of fused-ring (bicyclic) bond motifs is 1. The zero-order chi connectivity index (χ0) is 18.6. The van der Waals surface area contributed by atoms with E-state index >= 15 is 0 Å². The normalized spacial score (nSPS) is 13.3. The fourth-order valence-electron chi connectivity index (χ4n) is 2.80. The third-order valence-corrected chi connectivity index (χ3v) is 3.96. The average molecular weight is 351 g/mol. The lowest BCUT2D eigenvalue weighted by molar-refractivity contribution is 0.0523. The zero-order valence-corrected chi connectivity index (χ0v) is 15.5. The molecule has 2 aromatic rings. The molecule has 0 saturated heterocycles. The molecule has 5 nitrogen and oxygen atoms in total. The van der Waals surface area contributed by atoms with Gasteiger partial charge in [-0.05, 0) is 49.6 Å². The highest BCUT2D eigenvalue weighted by atomic mass is 16.6. The predicted octanol–water partition coefficient (Wildman–Crippen LogP) is 4.09. The fourth-order valence-corrected chi connectivity index (χ4v) is 2.80. The van der Waals surface area contributed by atoms with Crippen molar-refractivity contribution < 1.29 is 9.53 Å². The average Bonchev–Trinajstić information content (AvgIpc) is 2.59. The third kappa shape index (κ3) is 5.09. The van der Waals surface area contributed by atoms with Crippen molar-refractivity contribution in [1.29, 1.82) is 0 Å². The van der Waals surface area contributed by atoms with E-state index in [9.17, 15) is 4.79 Å². The number of amides is 1. The molecule has 0 unspecified atom stereocenters. The minimum Gasteiger partial charge on any atom is -0.444 e. The van der Waals surface area contributed by atoms with Crippen molar-refractivity contribution in [3.8, 4) is 0 Å². The Morgan fingerprint density at radius 3 is 2.77 bits per heavy atom. The quantitative estimate of drug-likeness (QED) is 0.901. The van der Waals surface area contributed by atoms with Crippen LogP contribution in [-0.2, 0) is 24.4 Å². The van der Waals surface area contributed by atoms with E-state index in [1.54, 1.807) is 0 Å². The van der Waals surface area contributed by atoms with Gasteiger partial charge in [-0.3, -0.25) is 4.98 Å². The zero-order valence-electron chi connectivity index (χ0n) is 15.5. The first kappa shape index (κ1) is 18.0. The van der Waals surface area contributed by atoms with Crippen LogP contribution in [0.5, 0.6) is 0 Å². The molecular weight excluding hydrogens is 326 g/mol. The molecule has 136 valence electrons. The maximum absolute atomic E-state index is 11.8. The molecule has 3 rings (SSSR count). The SMILES string of the molecule is CC(C)(C)OC(=O)NCc1cc2c(cn1)C=CN(Cc1ccccc1)C2. The van der Waals surface area contributed by atoms with Crippen LogP contribution in [0.4, 0.5) is 4.79 Å². The van der Waals surface area contributed by atoms with Crippen LogP contribution in [0.25, 0.3) is 6.08 Å². The first-order chi connectivity index (χ1) is 12.4. The Bertz CT molecular complexity index is 795. The minimum absolute atomic E-state index is 0.352. The second kappa shape index (κ2) is 7.60. The predicted molar refractivity (Wildman–Crippen MR) is 102 cm³/mol. The van der Waals surface area contributed by atoms with Crippen molar-refractivity contribution >= 4 is 12.2 Å². The number of ether oxygens (including phenoxy) is 1. The Hall–Kier alpha value is -2.82. The number of nitrogens with zero attached hydrogens (tertiary/aromatic N) is 2. The molecule has 26 heavy (non-hydrogen) atoms. The van der Waals surface area contributed by atoms with E-state index in [1.165, 1.54) is 11.1 Å². The molecule has 0 atom stereocenters. The molecule has 0 aliphatic carbocycles. The van der Waals surface area contributed by atoms with E-state index in [4.69, 9.17) is 4.74 Å². The van der Waals surface area contributed by atoms with E-state index < -0.39 is 11.7 Å². The number of pyridine rings is 1. The monoisotopic (exact) mass is 351 g/mol. The minimum atomic E-state index is -0.504. The van der Waals surface area contributed by atoms with Gasteiger partial charge in [0.15, 0.2) is 0 Å². The van der Waals surface area contributed by atoms with Crippen LogP contribution in [0.3, 0.4) is 0 Å². The third-order valence-electron chi connectivity index (χ3n) is 3.96. The van der Waals surface area contributed by atoms with Crippen LogP contribution >= 0.6 is 0 Å². The van der Waals surface area contributed by atoms with Gasteiger partial charge < -0.3 is 15.0 Å². The Morgan fingerprint density at radius 1 is 1.27 bits per heavy atom. The van der Waals surface area contributed by atoms with Crippen molar-refractivity contribution in [3.63, 3.8) is 0 Å². The number of carbonyl (C=O) groups is 1. The van der Waals surface area contributed by atoms with Crippen LogP contribution in [-0.4, -0.2) is 21.6 Å². The van der Waals surface area contributed by atoms with Gasteiger partial charge in [0.25, 0.3) is 0 Å². The second-order valence-corrected chi connectivity index (χ2v) is 7.44. The first-order valence-electron chi connectivity index (χ1n) is 8.80. The summed E-state index contributed by atoms with van der Waals surface area (Å²) in [5.41, 5.74) is 3.93. The molecule has 0 radical (unpaired) electrons. The maximum Gasteiger partial charge on any atom is 0.407 e. The van der Waals surface area contributed by atoms with Crippen LogP contribution in [0, 0.1) is 0 Å². The molecule has 0 bridgehead atoms. The largest absolute Gasteiger partial charge is 0.444 e. The summed E-state index contributed by atoms with van der Waals surface area (Å²) in [6, 6.07) is 12.5. The van der Waals surface area contributed by atoms with Crippen molar-refractivity contribution in [2.75, 3.05) is 0 Å². The molecule has 0 spiro atoms.